The van der Waals surface area contributed by atoms with Gasteiger partial charge in [0.1, 0.15) is 0 Å². The second-order valence-electron chi connectivity index (χ2n) is 6.12. The smallest absolute Gasteiger partial charge is 0.258 e. The van der Waals surface area contributed by atoms with Gasteiger partial charge in [0.25, 0.3) is 5.91 Å². The first-order valence-corrected chi connectivity index (χ1v) is 8.83. The standard InChI is InChI=1S/C20H17ClN4O/c21-16-7-3-8-17(11-16)24-19(26)15-12-22-20(23-13-15)25-10-4-6-14-5-1-2-9-18(14)25/h1-3,5,7-9,11-13H,4,6,10H2,(H,24,26). The molecule has 0 saturated heterocycles. The normalized spacial score (nSPS) is 13.2. The molecule has 0 saturated carbocycles. The van der Waals surface area contributed by atoms with Crippen molar-refractivity contribution < 1.29 is 4.79 Å². The Morgan fingerprint density at radius 3 is 2.69 bits per heavy atom. The van der Waals surface area contributed by atoms with Gasteiger partial charge in [0.2, 0.25) is 5.95 Å². The molecule has 0 unspecified atom stereocenters. The molecule has 0 spiro atoms. The number of anilines is 3. The van der Waals surface area contributed by atoms with Gasteiger partial charge in [-0.25, -0.2) is 9.97 Å². The van der Waals surface area contributed by atoms with Crippen molar-refractivity contribution in [2.24, 2.45) is 0 Å². The zero-order valence-corrected chi connectivity index (χ0v) is 14.8. The number of amides is 1. The van der Waals surface area contributed by atoms with Crippen molar-refractivity contribution >= 4 is 34.8 Å². The maximum absolute atomic E-state index is 12.4. The number of rotatable bonds is 3. The van der Waals surface area contributed by atoms with Gasteiger partial charge in [-0.15, -0.1) is 0 Å². The number of aryl methyl sites for hydroxylation is 1. The molecule has 1 aliphatic heterocycles. The molecule has 4 rings (SSSR count). The van der Waals surface area contributed by atoms with Gasteiger partial charge in [-0.05, 0) is 42.7 Å². The summed E-state index contributed by atoms with van der Waals surface area (Å²) >= 11 is 5.94. The highest BCUT2D eigenvalue weighted by atomic mass is 35.5. The van der Waals surface area contributed by atoms with Crippen LogP contribution in [0.15, 0.2) is 60.9 Å². The van der Waals surface area contributed by atoms with Crippen molar-refractivity contribution in [2.45, 2.75) is 12.8 Å². The van der Waals surface area contributed by atoms with Crippen LogP contribution in [0.25, 0.3) is 0 Å². The molecule has 0 atom stereocenters. The number of halogens is 1. The number of para-hydroxylation sites is 1. The van der Waals surface area contributed by atoms with Crippen LogP contribution in [0.3, 0.4) is 0 Å². The SMILES string of the molecule is O=C(Nc1cccc(Cl)c1)c1cnc(N2CCCc3ccccc32)nc1. The monoisotopic (exact) mass is 364 g/mol. The Bertz CT molecular complexity index is 943. The Labute approximate surface area is 156 Å². The molecule has 3 aromatic rings. The van der Waals surface area contributed by atoms with Crippen molar-refractivity contribution in [1.82, 2.24) is 9.97 Å². The molecule has 1 aromatic heterocycles. The molecule has 0 radical (unpaired) electrons. The van der Waals surface area contributed by atoms with Gasteiger partial charge in [-0.2, -0.15) is 0 Å². The topological polar surface area (TPSA) is 58.1 Å². The number of fused-ring (bicyclic) bond motifs is 1. The summed E-state index contributed by atoms with van der Waals surface area (Å²) in [6, 6.07) is 15.3. The van der Waals surface area contributed by atoms with E-state index in [0.29, 0.717) is 22.2 Å². The molecule has 2 heterocycles. The van der Waals surface area contributed by atoms with Gasteiger partial charge in [0.05, 0.1) is 5.56 Å². The summed E-state index contributed by atoms with van der Waals surface area (Å²) in [6.07, 6.45) is 5.23. The van der Waals surface area contributed by atoms with Gasteiger partial charge in [-0.1, -0.05) is 35.9 Å². The minimum Gasteiger partial charge on any atom is -0.322 e. The molecule has 0 fully saturated rings. The zero-order chi connectivity index (χ0) is 17.9. The van der Waals surface area contributed by atoms with E-state index in [1.165, 1.54) is 5.56 Å². The lowest BCUT2D eigenvalue weighted by atomic mass is 10.0. The first-order valence-electron chi connectivity index (χ1n) is 8.45. The molecule has 0 aliphatic carbocycles. The average molecular weight is 365 g/mol. The summed E-state index contributed by atoms with van der Waals surface area (Å²) in [5.41, 5.74) is 3.47. The van der Waals surface area contributed by atoms with Crippen LogP contribution >= 0.6 is 11.6 Å². The van der Waals surface area contributed by atoms with E-state index in [2.05, 4.69) is 32.3 Å². The summed E-state index contributed by atoms with van der Waals surface area (Å²) in [5.74, 6) is 0.342. The second-order valence-corrected chi connectivity index (χ2v) is 6.56. The molecule has 1 amide bonds. The van der Waals surface area contributed by atoms with E-state index in [1.54, 1.807) is 36.7 Å². The van der Waals surface area contributed by atoms with Crippen LogP contribution in [-0.2, 0) is 6.42 Å². The van der Waals surface area contributed by atoms with Crippen LogP contribution in [0.2, 0.25) is 5.02 Å². The Hall–Kier alpha value is -2.92. The largest absolute Gasteiger partial charge is 0.322 e. The second kappa shape index (κ2) is 7.14. The van der Waals surface area contributed by atoms with Crippen LogP contribution in [-0.4, -0.2) is 22.4 Å². The van der Waals surface area contributed by atoms with Crippen LogP contribution in [0, 0.1) is 0 Å². The molecular weight excluding hydrogens is 348 g/mol. The van der Waals surface area contributed by atoms with Crippen molar-refractivity contribution in [1.29, 1.82) is 0 Å². The molecule has 2 aromatic carbocycles. The number of aromatic nitrogens is 2. The Kier molecular flexibility index (Phi) is 4.54. The van der Waals surface area contributed by atoms with E-state index in [4.69, 9.17) is 11.6 Å². The predicted octanol–water partition coefficient (Wildman–Crippen LogP) is 4.47. The van der Waals surface area contributed by atoms with Crippen molar-refractivity contribution in [3.05, 3.63) is 77.1 Å². The molecule has 26 heavy (non-hydrogen) atoms. The van der Waals surface area contributed by atoms with Crippen LogP contribution in [0.5, 0.6) is 0 Å². The van der Waals surface area contributed by atoms with E-state index in [0.717, 1.165) is 25.1 Å². The molecule has 5 nitrogen and oxygen atoms in total. The number of hydrogen-bond acceptors (Lipinski definition) is 4. The fourth-order valence-electron chi connectivity index (χ4n) is 3.09. The quantitative estimate of drug-likeness (QED) is 0.745. The minimum atomic E-state index is -0.266. The van der Waals surface area contributed by atoms with Crippen LogP contribution < -0.4 is 10.2 Å². The fourth-order valence-corrected chi connectivity index (χ4v) is 3.28. The summed E-state index contributed by atoms with van der Waals surface area (Å²) in [7, 11) is 0. The van der Waals surface area contributed by atoms with Gasteiger partial charge in [0.15, 0.2) is 0 Å². The third-order valence-corrected chi connectivity index (χ3v) is 4.57. The summed E-state index contributed by atoms with van der Waals surface area (Å²) in [5, 5.41) is 3.36. The number of benzene rings is 2. The Morgan fingerprint density at radius 1 is 1.08 bits per heavy atom. The lowest BCUT2D eigenvalue weighted by Crippen LogP contribution is -2.26. The highest BCUT2D eigenvalue weighted by Crippen LogP contribution is 2.31. The van der Waals surface area contributed by atoms with Crippen molar-refractivity contribution in [3.63, 3.8) is 0 Å². The van der Waals surface area contributed by atoms with Gasteiger partial charge in [0, 0.05) is 35.3 Å². The van der Waals surface area contributed by atoms with E-state index in [9.17, 15) is 4.79 Å². The molecule has 6 heteroatoms. The highest BCUT2D eigenvalue weighted by molar-refractivity contribution is 6.30. The average Bonchev–Trinajstić information content (AvgIpc) is 2.68. The molecule has 130 valence electrons. The third kappa shape index (κ3) is 3.39. The lowest BCUT2D eigenvalue weighted by Gasteiger charge is -2.29. The van der Waals surface area contributed by atoms with Gasteiger partial charge < -0.3 is 10.2 Å². The summed E-state index contributed by atoms with van der Waals surface area (Å²) < 4.78 is 0. The van der Waals surface area contributed by atoms with Crippen LogP contribution in [0.1, 0.15) is 22.3 Å². The van der Waals surface area contributed by atoms with E-state index >= 15 is 0 Å². The van der Waals surface area contributed by atoms with Crippen LogP contribution in [0.4, 0.5) is 17.3 Å². The Balaban J connectivity index is 1.53. The summed E-state index contributed by atoms with van der Waals surface area (Å²) in [4.78, 5) is 23.3. The number of hydrogen-bond donors (Lipinski definition) is 1. The number of carbonyl (C=O) groups is 1. The minimum absolute atomic E-state index is 0.266. The number of nitrogens with one attached hydrogen (secondary N) is 1. The summed E-state index contributed by atoms with van der Waals surface area (Å²) in [6.45, 7) is 0.866. The maximum atomic E-state index is 12.4. The molecule has 1 N–H and O–H groups in total. The van der Waals surface area contributed by atoms with E-state index < -0.39 is 0 Å². The molecular formula is C20H17ClN4O. The maximum Gasteiger partial charge on any atom is 0.258 e. The van der Waals surface area contributed by atoms with Crippen molar-refractivity contribution in [3.8, 4) is 0 Å². The number of carbonyl (C=O) groups excluding carboxylic acids is 1. The third-order valence-electron chi connectivity index (χ3n) is 4.33. The first kappa shape index (κ1) is 16.5. The molecule has 1 aliphatic rings. The molecule has 0 bridgehead atoms. The van der Waals surface area contributed by atoms with E-state index in [1.807, 2.05) is 12.1 Å². The first-order chi connectivity index (χ1) is 12.7. The zero-order valence-electron chi connectivity index (χ0n) is 14.0. The van der Waals surface area contributed by atoms with Gasteiger partial charge >= 0.3 is 0 Å². The van der Waals surface area contributed by atoms with Gasteiger partial charge in [-0.3, -0.25) is 4.79 Å². The highest BCUT2D eigenvalue weighted by Gasteiger charge is 2.20. The number of nitrogens with zero attached hydrogens (tertiary/aromatic N) is 3. The van der Waals surface area contributed by atoms with Crippen molar-refractivity contribution in [2.75, 3.05) is 16.8 Å². The lowest BCUT2D eigenvalue weighted by molar-refractivity contribution is 0.102. The fraction of sp³-hybridized carbons (Fsp3) is 0.150. The van der Waals surface area contributed by atoms with E-state index in [-0.39, 0.29) is 5.91 Å². The predicted molar refractivity (Wildman–Crippen MR) is 103 cm³/mol. The Morgan fingerprint density at radius 2 is 1.88 bits per heavy atom.